The maximum atomic E-state index is 13.2. The van der Waals surface area contributed by atoms with Crippen LogP contribution in [0.1, 0.15) is 25.7 Å². The van der Waals surface area contributed by atoms with E-state index in [9.17, 15) is 18.0 Å². The van der Waals surface area contributed by atoms with Crippen molar-refractivity contribution in [2.75, 3.05) is 39.3 Å². The van der Waals surface area contributed by atoms with Gasteiger partial charge >= 0.3 is 0 Å². The van der Waals surface area contributed by atoms with Crippen LogP contribution in [0.5, 0.6) is 0 Å². The van der Waals surface area contributed by atoms with Gasteiger partial charge in [-0.15, -0.1) is 0 Å². The third kappa shape index (κ3) is 4.76. The number of rotatable bonds is 6. The smallest absolute Gasteiger partial charge is 0.243 e. The minimum atomic E-state index is -3.62. The molecule has 0 aromatic heterocycles. The summed E-state index contributed by atoms with van der Waals surface area (Å²) in [6.45, 7) is 2.21. The zero-order chi connectivity index (χ0) is 23.0. The zero-order valence-electron chi connectivity index (χ0n) is 18.7. The number of carbonyl (C=O) groups is 2. The second-order valence-corrected chi connectivity index (χ2v) is 11.1. The summed E-state index contributed by atoms with van der Waals surface area (Å²) in [5.41, 5.74) is 0. The lowest BCUT2D eigenvalue weighted by Gasteiger charge is -2.35. The average molecular weight is 471 g/mol. The largest absolute Gasteiger partial charge is 0.352 e. The highest BCUT2D eigenvalue weighted by atomic mass is 32.2. The summed E-state index contributed by atoms with van der Waals surface area (Å²) in [4.78, 5) is 29.4. The van der Waals surface area contributed by atoms with Crippen LogP contribution in [-0.2, 0) is 19.6 Å². The van der Waals surface area contributed by atoms with Crippen LogP contribution >= 0.6 is 0 Å². The van der Waals surface area contributed by atoms with Gasteiger partial charge in [0.15, 0.2) is 0 Å². The van der Waals surface area contributed by atoms with E-state index in [0.29, 0.717) is 19.1 Å². The van der Waals surface area contributed by atoms with Crippen molar-refractivity contribution in [2.45, 2.75) is 42.7 Å². The third-order valence-electron chi connectivity index (χ3n) is 6.88. The molecule has 0 bridgehead atoms. The van der Waals surface area contributed by atoms with Crippen molar-refractivity contribution in [1.29, 1.82) is 0 Å². The van der Waals surface area contributed by atoms with E-state index in [4.69, 9.17) is 0 Å². The van der Waals surface area contributed by atoms with E-state index in [2.05, 4.69) is 5.32 Å². The van der Waals surface area contributed by atoms with Gasteiger partial charge in [-0.05, 0) is 55.1 Å². The van der Waals surface area contributed by atoms with Crippen LogP contribution in [0.2, 0.25) is 0 Å². The lowest BCUT2D eigenvalue weighted by molar-refractivity contribution is -0.135. The molecule has 0 radical (unpaired) electrons. The predicted molar refractivity (Wildman–Crippen MR) is 125 cm³/mol. The number of fused-ring (bicyclic) bond motifs is 1. The molecule has 3 aliphatic rings. The first kappa shape index (κ1) is 22.3. The lowest BCUT2D eigenvalue weighted by atomic mass is 10.1. The van der Waals surface area contributed by atoms with Crippen molar-refractivity contribution in [3.8, 4) is 0 Å². The molecule has 9 heteroatoms. The molecule has 176 valence electrons. The second-order valence-electron chi connectivity index (χ2n) is 9.21. The van der Waals surface area contributed by atoms with Crippen molar-refractivity contribution < 1.29 is 18.0 Å². The Labute approximate surface area is 194 Å². The summed E-state index contributed by atoms with van der Waals surface area (Å²) in [6.07, 6.45) is 3.78. The molecular weight excluding hydrogens is 440 g/mol. The van der Waals surface area contributed by atoms with E-state index in [1.807, 2.05) is 35.2 Å². The number of hydrogen-bond acceptors (Lipinski definition) is 5. The number of piperazine rings is 1. The minimum absolute atomic E-state index is 0.0362. The van der Waals surface area contributed by atoms with E-state index in [-0.39, 0.29) is 42.4 Å². The first-order chi connectivity index (χ1) is 15.9. The summed E-state index contributed by atoms with van der Waals surface area (Å²) in [5, 5.41) is 4.93. The Kier molecular flexibility index (Phi) is 6.11. The molecule has 8 nitrogen and oxygen atoms in total. The van der Waals surface area contributed by atoms with Gasteiger partial charge in [-0.3, -0.25) is 14.5 Å². The molecule has 33 heavy (non-hydrogen) atoms. The van der Waals surface area contributed by atoms with Gasteiger partial charge in [0.1, 0.15) is 0 Å². The Balaban J connectivity index is 1.18. The predicted octanol–water partition coefficient (Wildman–Crippen LogP) is 1.42. The quantitative estimate of drug-likeness (QED) is 0.690. The van der Waals surface area contributed by atoms with Crippen LogP contribution in [0.15, 0.2) is 47.4 Å². The molecule has 0 spiro atoms. The summed E-state index contributed by atoms with van der Waals surface area (Å²) in [7, 11) is -3.62. The Hall–Kier alpha value is -2.49. The summed E-state index contributed by atoms with van der Waals surface area (Å²) in [5.74, 6) is -0.00188. The van der Waals surface area contributed by atoms with Crippen LogP contribution < -0.4 is 5.32 Å². The molecule has 2 aliphatic heterocycles. The van der Waals surface area contributed by atoms with Crippen molar-refractivity contribution in [3.05, 3.63) is 42.5 Å². The molecule has 2 saturated heterocycles. The van der Waals surface area contributed by atoms with Gasteiger partial charge in [0, 0.05) is 32.2 Å². The highest BCUT2D eigenvalue weighted by Gasteiger charge is 2.36. The van der Waals surface area contributed by atoms with Crippen molar-refractivity contribution in [1.82, 2.24) is 19.4 Å². The molecule has 1 N–H and O–H groups in total. The number of nitrogens with one attached hydrogen (secondary N) is 1. The van der Waals surface area contributed by atoms with Crippen molar-refractivity contribution in [3.63, 3.8) is 0 Å². The van der Waals surface area contributed by atoms with Crippen LogP contribution in [0, 0.1) is 0 Å². The molecule has 1 aliphatic carbocycles. The standard InChI is InChI=1S/C24H30N4O4S/c29-23(17-27-11-3-6-22(27)24(30)25-20-8-9-20)26-12-14-28(15-13-26)33(31,32)21-10-7-18-4-1-2-5-19(18)16-21/h1-2,4-5,7,10,16,20,22H,3,6,8-9,11-15,17H2,(H,25,30)/t22-/m0/s1. The average Bonchev–Trinajstić information content (AvgIpc) is 3.52. The third-order valence-corrected chi connectivity index (χ3v) is 8.77. The molecule has 2 heterocycles. The number of nitrogens with zero attached hydrogens (tertiary/aromatic N) is 3. The monoisotopic (exact) mass is 470 g/mol. The number of amides is 2. The fourth-order valence-corrected chi connectivity index (χ4v) is 6.22. The lowest BCUT2D eigenvalue weighted by Crippen LogP contribution is -2.54. The van der Waals surface area contributed by atoms with E-state index >= 15 is 0 Å². The van der Waals surface area contributed by atoms with Gasteiger partial charge in [-0.2, -0.15) is 4.31 Å². The molecular formula is C24H30N4O4S. The normalized spacial score (nSPS) is 22.5. The Morgan fingerprint density at radius 1 is 0.909 bits per heavy atom. The topological polar surface area (TPSA) is 90.0 Å². The Morgan fingerprint density at radius 2 is 1.64 bits per heavy atom. The Morgan fingerprint density at radius 3 is 2.36 bits per heavy atom. The van der Waals surface area contributed by atoms with Gasteiger partial charge in [-0.1, -0.05) is 30.3 Å². The van der Waals surface area contributed by atoms with Crippen LogP contribution in [0.25, 0.3) is 10.8 Å². The minimum Gasteiger partial charge on any atom is -0.352 e. The van der Waals surface area contributed by atoms with Crippen molar-refractivity contribution >= 4 is 32.6 Å². The number of hydrogen-bond donors (Lipinski definition) is 1. The molecule has 0 unspecified atom stereocenters. The second kappa shape index (κ2) is 9.04. The van der Waals surface area contributed by atoms with Crippen molar-refractivity contribution in [2.24, 2.45) is 0 Å². The maximum Gasteiger partial charge on any atom is 0.243 e. The van der Waals surface area contributed by atoms with Gasteiger partial charge in [-0.25, -0.2) is 8.42 Å². The summed E-state index contributed by atoms with van der Waals surface area (Å²) in [6, 6.07) is 12.9. The zero-order valence-corrected chi connectivity index (χ0v) is 19.5. The highest BCUT2D eigenvalue weighted by Crippen LogP contribution is 2.24. The number of likely N-dealkylation sites (tertiary alicyclic amines) is 1. The van der Waals surface area contributed by atoms with Gasteiger partial charge < -0.3 is 10.2 Å². The number of benzene rings is 2. The summed E-state index contributed by atoms with van der Waals surface area (Å²) >= 11 is 0. The van der Waals surface area contributed by atoms with Crippen LogP contribution in [-0.4, -0.2) is 85.7 Å². The van der Waals surface area contributed by atoms with E-state index in [0.717, 1.165) is 43.0 Å². The maximum absolute atomic E-state index is 13.2. The molecule has 5 rings (SSSR count). The molecule has 1 saturated carbocycles. The SMILES string of the molecule is O=C(NC1CC1)[C@@H]1CCCN1CC(=O)N1CCN(S(=O)(=O)c2ccc3ccccc3c2)CC1. The molecule has 2 aromatic carbocycles. The van der Waals surface area contributed by atoms with Gasteiger partial charge in [0.2, 0.25) is 21.8 Å². The van der Waals surface area contributed by atoms with E-state index < -0.39 is 10.0 Å². The fourth-order valence-electron chi connectivity index (χ4n) is 4.77. The highest BCUT2D eigenvalue weighted by molar-refractivity contribution is 7.89. The van der Waals surface area contributed by atoms with Crippen LogP contribution in [0.3, 0.4) is 0 Å². The number of sulfonamides is 1. The van der Waals surface area contributed by atoms with Gasteiger partial charge in [0.05, 0.1) is 17.5 Å². The summed E-state index contributed by atoms with van der Waals surface area (Å²) < 4.78 is 27.8. The molecule has 1 atom stereocenters. The molecule has 2 aromatic rings. The molecule has 2 amide bonds. The van der Waals surface area contributed by atoms with E-state index in [1.54, 1.807) is 17.0 Å². The first-order valence-corrected chi connectivity index (χ1v) is 13.2. The molecule has 3 fully saturated rings. The fraction of sp³-hybridized carbons (Fsp3) is 0.500. The van der Waals surface area contributed by atoms with Gasteiger partial charge in [0.25, 0.3) is 0 Å². The first-order valence-electron chi connectivity index (χ1n) is 11.7. The number of carbonyl (C=O) groups excluding carboxylic acids is 2. The Bertz CT molecular complexity index is 1160. The van der Waals surface area contributed by atoms with Crippen LogP contribution in [0.4, 0.5) is 0 Å². The van der Waals surface area contributed by atoms with E-state index in [1.165, 1.54) is 4.31 Å².